The predicted octanol–water partition coefficient (Wildman–Crippen LogP) is 1.72. The van der Waals surface area contributed by atoms with Crippen molar-refractivity contribution in [2.45, 2.75) is 11.8 Å². The van der Waals surface area contributed by atoms with E-state index in [0.29, 0.717) is 0 Å². The summed E-state index contributed by atoms with van der Waals surface area (Å²) in [6.45, 7) is 0. The number of aliphatic hydroxyl groups is 1. The Kier molecular flexibility index (Phi) is 4.71. The third-order valence-corrected chi connectivity index (χ3v) is 5.92. The van der Waals surface area contributed by atoms with Crippen LogP contribution in [0.15, 0.2) is 35.6 Å². The Morgan fingerprint density at radius 1 is 0.933 bits per heavy atom. The lowest BCUT2D eigenvalue weighted by Gasteiger charge is -2.46. The monoisotopic (exact) mass is 402 g/mol. The molecule has 0 aromatic heterocycles. The van der Waals surface area contributed by atoms with Gasteiger partial charge in [-0.2, -0.15) is 21.0 Å². The van der Waals surface area contributed by atoms with Gasteiger partial charge in [0.25, 0.3) is 0 Å². The molecule has 9 heteroatoms. The van der Waals surface area contributed by atoms with Gasteiger partial charge in [-0.3, -0.25) is 4.79 Å². The number of hydrogen-bond donors (Lipinski definition) is 1. The number of carbonyl (C=O) groups excluding carboxylic acids is 2. The molecule has 2 bridgehead atoms. The highest BCUT2D eigenvalue weighted by atomic mass is 16.5. The molecule has 0 fully saturated rings. The Morgan fingerprint density at radius 3 is 1.93 bits per heavy atom. The van der Waals surface area contributed by atoms with Crippen LogP contribution in [0.2, 0.25) is 0 Å². The minimum absolute atomic E-state index is 0.269. The molecule has 0 saturated carbocycles. The molecule has 1 aromatic rings. The van der Waals surface area contributed by atoms with Gasteiger partial charge in [0.2, 0.25) is 0 Å². The first-order valence-electron chi connectivity index (χ1n) is 8.68. The Hall–Kier alpha value is -4.34. The van der Waals surface area contributed by atoms with Gasteiger partial charge in [-0.15, -0.1) is 0 Å². The molecule has 0 heterocycles. The van der Waals surface area contributed by atoms with Crippen molar-refractivity contribution in [1.82, 2.24) is 0 Å². The second kappa shape index (κ2) is 6.92. The molecule has 3 aliphatic rings. The zero-order valence-corrected chi connectivity index (χ0v) is 15.9. The Bertz CT molecular complexity index is 1130. The first kappa shape index (κ1) is 20.4. The van der Waals surface area contributed by atoms with E-state index < -0.39 is 51.9 Å². The number of esters is 2. The topological polar surface area (TPSA) is 168 Å². The SMILES string of the molecule is COC(=O)C1=C(O)C(C(=O)OC)C2c3ccccc3C1C(C#N)(C#N)C2(C#N)C#N. The van der Waals surface area contributed by atoms with E-state index in [0.717, 1.165) is 14.2 Å². The van der Waals surface area contributed by atoms with E-state index in [9.17, 15) is 35.7 Å². The van der Waals surface area contributed by atoms with Gasteiger partial charge >= 0.3 is 11.9 Å². The molecule has 0 radical (unpaired) electrons. The lowest BCUT2D eigenvalue weighted by atomic mass is 9.47. The van der Waals surface area contributed by atoms with Gasteiger partial charge in [-0.25, -0.2) is 4.79 Å². The van der Waals surface area contributed by atoms with Crippen molar-refractivity contribution in [3.8, 4) is 24.3 Å². The number of hydrogen-bond acceptors (Lipinski definition) is 9. The smallest absolute Gasteiger partial charge is 0.337 e. The van der Waals surface area contributed by atoms with Crippen LogP contribution in [-0.4, -0.2) is 31.3 Å². The fourth-order valence-corrected chi connectivity index (χ4v) is 4.65. The Labute approximate surface area is 171 Å². The molecule has 0 aliphatic heterocycles. The van der Waals surface area contributed by atoms with Crippen LogP contribution < -0.4 is 0 Å². The van der Waals surface area contributed by atoms with Crippen LogP contribution in [0.3, 0.4) is 0 Å². The summed E-state index contributed by atoms with van der Waals surface area (Å²) in [5.41, 5.74) is -4.80. The van der Waals surface area contributed by atoms with Gasteiger partial charge in [0.05, 0.1) is 50.0 Å². The molecule has 4 rings (SSSR count). The predicted molar refractivity (Wildman–Crippen MR) is 96.4 cm³/mol. The number of aliphatic hydroxyl groups excluding tert-OH is 1. The maximum Gasteiger partial charge on any atom is 0.337 e. The van der Waals surface area contributed by atoms with Crippen molar-refractivity contribution >= 4 is 11.9 Å². The maximum atomic E-state index is 12.7. The largest absolute Gasteiger partial charge is 0.511 e. The fourth-order valence-electron chi connectivity index (χ4n) is 4.65. The maximum absolute atomic E-state index is 12.7. The lowest BCUT2D eigenvalue weighted by molar-refractivity contribution is -0.146. The van der Waals surface area contributed by atoms with E-state index in [1.165, 1.54) is 12.1 Å². The van der Waals surface area contributed by atoms with Crippen molar-refractivity contribution in [2.75, 3.05) is 14.2 Å². The summed E-state index contributed by atoms with van der Waals surface area (Å²) in [5, 5.41) is 51.5. The van der Waals surface area contributed by atoms with Gasteiger partial charge in [0.1, 0.15) is 11.7 Å². The average molecular weight is 402 g/mol. The van der Waals surface area contributed by atoms with Gasteiger partial charge in [-0.1, -0.05) is 24.3 Å². The van der Waals surface area contributed by atoms with Crippen molar-refractivity contribution < 1.29 is 24.2 Å². The number of ether oxygens (including phenoxy) is 2. The minimum atomic E-state index is -2.42. The van der Waals surface area contributed by atoms with Crippen LogP contribution in [0.25, 0.3) is 0 Å². The molecule has 1 aromatic carbocycles. The molecule has 9 nitrogen and oxygen atoms in total. The van der Waals surface area contributed by atoms with E-state index in [-0.39, 0.29) is 11.1 Å². The molecule has 0 amide bonds. The molecular formula is C21H14N4O5. The number of nitriles is 4. The van der Waals surface area contributed by atoms with E-state index >= 15 is 0 Å². The zero-order valence-electron chi connectivity index (χ0n) is 15.9. The Balaban J connectivity index is 2.65. The molecular weight excluding hydrogens is 388 g/mol. The zero-order chi connectivity index (χ0) is 22.3. The summed E-state index contributed by atoms with van der Waals surface area (Å²) in [6.07, 6.45) is 0. The van der Waals surface area contributed by atoms with E-state index in [2.05, 4.69) is 0 Å². The van der Waals surface area contributed by atoms with Crippen LogP contribution in [-0.2, 0) is 19.1 Å². The molecule has 0 spiro atoms. The third kappa shape index (κ3) is 2.12. The quantitative estimate of drug-likeness (QED) is 0.724. The average Bonchev–Trinajstić information content (AvgIpc) is 2.95. The first-order chi connectivity index (χ1) is 14.3. The standard InChI is InChI=1S/C21H14N4O5/c1-29-18(27)13-15-11-5-3-4-6-12(11)16(14(17(13)26)19(28)30-2)21(9-24,10-25)20(15,7-22)8-23/h3-6,13,15-16,26H,1-2H3. The Morgan fingerprint density at radius 2 is 1.47 bits per heavy atom. The summed E-state index contributed by atoms with van der Waals surface area (Å²) in [7, 11) is 2.07. The lowest BCUT2D eigenvalue weighted by Crippen LogP contribution is -2.52. The first-order valence-corrected chi connectivity index (χ1v) is 8.68. The normalized spacial score (nSPS) is 24.7. The van der Waals surface area contributed by atoms with Gasteiger partial charge in [0, 0.05) is 5.92 Å². The van der Waals surface area contributed by atoms with Crippen LogP contribution >= 0.6 is 0 Å². The summed E-state index contributed by atoms with van der Waals surface area (Å²) in [4.78, 5) is 25.5. The van der Waals surface area contributed by atoms with Crippen molar-refractivity contribution in [3.05, 3.63) is 46.7 Å². The summed E-state index contributed by atoms with van der Waals surface area (Å²) in [6, 6.07) is 13.3. The summed E-state index contributed by atoms with van der Waals surface area (Å²) >= 11 is 0. The van der Waals surface area contributed by atoms with Crippen molar-refractivity contribution in [2.24, 2.45) is 16.7 Å². The van der Waals surface area contributed by atoms with Crippen LogP contribution in [0, 0.1) is 62.1 Å². The third-order valence-electron chi connectivity index (χ3n) is 5.92. The number of carbonyl (C=O) groups is 2. The molecule has 3 unspecified atom stereocenters. The van der Waals surface area contributed by atoms with Crippen LogP contribution in [0.5, 0.6) is 0 Å². The molecule has 0 saturated heterocycles. The second-order valence-corrected chi connectivity index (χ2v) is 6.89. The van der Waals surface area contributed by atoms with Crippen LogP contribution in [0.1, 0.15) is 23.0 Å². The van der Waals surface area contributed by atoms with Crippen molar-refractivity contribution in [1.29, 1.82) is 21.0 Å². The molecule has 148 valence electrons. The highest BCUT2D eigenvalue weighted by Crippen LogP contribution is 2.67. The summed E-state index contributed by atoms with van der Waals surface area (Å²) < 4.78 is 9.56. The number of methoxy groups -OCH3 is 2. The van der Waals surface area contributed by atoms with E-state index in [1.807, 2.05) is 0 Å². The molecule has 3 atom stereocenters. The van der Waals surface area contributed by atoms with E-state index in [4.69, 9.17) is 9.47 Å². The van der Waals surface area contributed by atoms with Gasteiger partial charge in [0.15, 0.2) is 10.8 Å². The number of rotatable bonds is 2. The number of benzene rings is 1. The molecule has 30 heavy (non-hydrogen) atoms. The molecule has 1 N–H and O–H groups in total. The highest BCUT2D eigenvalue weighted by molar-refractivity contribution is 5.95. The number of nitrogens with zero attached hydrogens (tertiary/aromatic N) is 4. The van der Waals surface area contributed by atoms with E-state index in [1.54, 1.807) is 36.4 Å². The van der Waals surface area contributed by atoms with Gasteiger partial charge < -0.3 is 14.6 Å². The highest BCUT2D eigenvalue weighted by Gasteiger charge is 2.73. The molecule has 3 aliphatic carbocycles. The van der Waals surface area contributed by atoms with Gasteiger partial charge in [-0.05, 0) is 11.1 Å². The number of fused-ring (bicyclic) bond motifs is 2. The summed E-state index contributed by atoms with van der Waals surface area (Å²) in [5.74, 6) is -7.56. The fraction of sp³-hybridized carbons (Fsp3) is 0.333. The van der Waals surface area contributed by atoms with Crippen molar-refractivity contribution in [3.63, 3.8) is 0 Å². The van der Waals surface area contributed by atoms with Crippen LogP contribution in [0.4, 0.5) is 0 Å². The second-order valence-electron chi connectivity index (χ2n) is 6.89. The minimum Gasteiger partial charge on any atom is -0.511 e.